The van der Waals surface area contributed by atoms with Crippen molar-refractivity contribution in [3.63, 3.8) is 0 Å². The van der Waals surface area contributed by atoms with Gasteiger partial charge in [-0.25, -0.2) is 0 Å². The van der Waals surface area contributed by atoms with Gasteiger partial charge in [0.05, 0.1) is 0 Å². The van der Waals surface area contributed by atoms with Crippen molar-refractivity contribution >= 4 is 5.91 Å². The molecule has 1 aliphatic carbocycles. The number of rotatable bonds is 3. The minimum Gasteiger partial charge on any atom is -0.381 e. The zero-order valence-corrected chi connectivity index (χ0v) is 9.34. The molecule has 0 aliphatic heterocycles. The van der Waals surface area contributed by atoms with Gasteiger partial charge in [-0.05, 0) is 38.5 Å². The molecule has 0 heterocycles. The maximum atomic E-state index is 11.3. The van der Waals surface area contributed by atoms with E-state index in [0.717, 1.165) is 5.92 Å². The maximum Gasteiger partial charge on any atom is 0.251 e. The summed E-state index contributed by atoms with van der Waals surface area (Å²) in [7, 11) is 0. The fourth-order valence-electron chi connectivity index (χ4n) is 1.96. The first-order valence-corrected chi connectivity index (χ1v) is 5.40. The molecule has 3 nitrogen and oxygen atoms in total. The van der Waals surface area contributed by atoms with Gasteiger partial charge in [0.1, 0.15) is 5.60 Å². The molecule has 2 atom stereocenters. The maximum absolute atomic E-state index is 11.3. The summed E-state index contributed by atoms with van der Waals surface area (Å²) >= 11 is 0. The van der Waals surface area contributed by atoms with Crippen LogP contribution >= 0.6 is 0 Å². The zero-order valence-electron chi connectivity index (χ0n) is 9.34. The molecular formula is C11H21NO2. The number of aliphatic hydroxyl groups is 1. The highest BCUT2D eigenvalue weighted by atomic mass is 16.3. The van der Waals surface area contributed by atoms with Crippen molar-refractivity contribution in [1.29, 1.82) is 0 Å². The number of nitrogens with one attached hydrogen (secondary N) is 1. The summed E-state index contributed by atoms with van der Waals surface area (Å²) in [6, 6.07) is 0. The van der Waals surface area contributed by atoms with Crippen LogP contribution in [0.5, 0.6) is 0 Å². The normalized spacial score (nSPS) is 27.7. The molecule has 2 N–H and O–H groups in total. The minimum absolute atomic E-state index is 0.267. The highest BCUT2D eigenvalue weighted by Crippen LogP contribution is 2.29. The van der Waals surface area contributed by atoms with Gasteiger partial charge in [0, 0.05) is 6.54 Å². The van der Waals surface area contributed by atoms with Crippen molar-refractivity contribution in [1.82, 2.24) is 5.32 Å². The molecule has 1 rings (SSSR count). The monoisotopic (exact) mass is 199 g/mol. The van der Waals surface area contributed by atoms with E-state index in [9.17, 15) is 9.90 Å². The third-order valence-corrected chi connectivity index (χ3v) is 2.91. The van der Waals surface area contributed by atoms with Crippen molar-refractivity contribution in [2.45, 2.75) is 45.6 Å². The Morgan fingerprint density at radius 2 is 2.14 bits per heavy atom. The second-order valence-electron chi connectivity index (χ2n) is 5.05. The van der Waals surface area contributed by atoms with Gasteiger partial charge in [-0.2, -0.15) is 0 Å². The lowest BCUT2D eigenvalue weighted by atomic mass is 10.1. The van der Waals surface area contributed by atoms with Crippen LogP contribution in [0.15, 0.2) is 0 Å². The Morgan fingerprint density at radius 3 is 2.57 bits per heavy atom. The minimum atomic E-state index is -1.25. The lowest BCUT2D eigenvalue weighted by Crippen LogP contribution is -2.43. The quantitative estimate of drug-likeness (QED) is 0.720. The number of amides is 1. The molecule has 1 saturated carbocycles. The summed E-state index contributed by atoms with van der Waals surface area (Å²) in [4.78, 5) is 11.3. The van der Waals surface area contributed by atoms with E-state index in [0.29, 0.717) is 12.5 Å². The van der Waals surface area contributed by atoms with E-state index in [2.05, 4.69) is 12.2 Å². The predicted octanol–water partition coefficient (Wildman–Crippen LogP) is 1.31. The van der Waals surface area contributed by atoms with Gasteiger partial charge in [0.15, 0.2) is 0 Å². The average Bonchev–Trinajstić information content (AvgIpc) is 2.45. The molecule has 0 bridgehead atoms. The number of carbonyl (C=O) groups excluding carboxylic acids is 1. The van der Waals surface area contributed by atoms with E-state index in [1.807, 2.05) is 0 Å². The van der Waals surface area contributed by atoms with Gasteiger partial charge in [-0.15, -0.1) is 0 Å². The first-order chi connectivity index (χ1) is 6.39. The van der Waals surface area contributed by atoms with E-state index in [1.54, 1.807) is 0 Å². The van der Waals surface area contributed by atoms with Crippen molar-refractivity contribution in [2.24, 2.45) is 11.8 Å². The molecule has 1 amide bonds. The SMILES string of the molecule is CC1CCC(CNC(=O)C(C)(C)O)C1. The third-order valence-electron chi connectivity index (χ3n) is 2.91. The number of carbonyl (C=O) groups is 1. The zero-order chi connectivity index (χ0) is 10.8. The van der Waals surface area contributed by atoms with Crippen LogP contribution in [0, 0.1) is 11.8 Å². The molecule has 0 saturated heterocycles. The third kappa shape index (κ3) is 3.29. The molecule has 0 radical (unpaired) electrons. The Bertz CT molecular complexity index is 208. The smallest absolute Gasteiger partial charge is 0.251 e. The molecule has 82 valence electrons. The molecule has 14 heavy (non-hydrogen) atoms. The van der Waals surface area contributed by atoms with Crippen LogP contribution in [0.3, 0.4) is 0 Å². The van der Waals surface area contributed by atoms with Crippen molar-refractivity contribution in [3.8, 4) is 0 Å². The molecule has 2 unspecified atom stereocenters. The fourth-order valence-corrected chi connectivity index (χ4v) is 1.96. The van der Waals surface area contributed by atoms with E-state index in [1.165, 1.54) is 33.1 Å². The van der Waals surface area contributed by atoms with Crippen LogP contribution in [0.2, 0.25) is 0 Å². The Hall–Kier alpha value is -0.570. The molecule has 1 aliphatic rings. The van der Waals surface area contributed by atoms with Crippen LogP contribution in [0.1, 0.15) is 40.0 Å². The Morgan fingerprint density at radius 1 is 1.50 bits per heavy atom. The van der Waals surface area contributed by atoms with E-state index >= 15 is 0 Å². The van der Waals surface area contributed by atoms with Crippen LogP contribution in [0.25, 0.3) is 0 Å². The summed E-state index contributed by atoms with van der Waals surface area (Å²) in [6.07, 6.45) is 3.67. The number of hydrogen-bond acceptors (Lipinski definition) is 2. The Labute approximate surface area is 85.9 Å². The van der Waals surface area contributed by atoms with Crippen LogP contribution in [-0.2, 0) is 4.79 Å². The fraction of sp³-hybridized carbons (Fsp3) is 0.909. The largest absolute Gasteiger partial charge is 0.381 e. The summed E-state index contributed by atoms with van der Waals surface area (Å²) in [5.74, 6) is 1.13. The molecule has 0 aromatic carbocycles. The van der Waals surface area contributed by atoms with Crippen LogP contribution in [-0.4, -0.2) is 23.2 Å². The van der Waals surface area contributed by atoms with Crippen LogP contribution < -0.4 is 5.32 Å². The Balaban J connectivity index is 2.24. The molecule has 0 spiro atoms. The molecule has 0 aromatic rings. The van der Waals surface area contributed by atoms with Crippen molar-refractivity contribution < 1.29 is 9.90 Å². The molecular weight excluding hydrogens is 178 g/mol. The van der Waals surface area contributed by atoms with Crippen LogP contribution in [0.4, 0.5) is 0 Å². The standard InChI is InChI=1S/C11H21NO2/c1-8-4-5-9(6-8)7-12-10(13)11(2,3)14/h8-9,14H,4-7H2,1-3H3,(H,12,13). The lowest BCUT2D eigenvalue weighted by molar-refractivity contribution is -0.136. The molecule has 0 aromatic heterocycles. The highest BCUT2D eigenvalue weighted by molar-refractivity contribution is 5.83. The van der Waals surface area contributed by atoms with E-state index in [-0.39, 0.29) is 5.91 Å². The van der Waals surface area contributed by atoms with E-state index in [4.69, 9.17) is 0 Å². The number of hydrogen-bond donors (Lipinski definition) is 2. The molecule has 1 fully saturated rings. The van der Waals surface area contributed by atoms with Gasteiger partial charge < -0.3 is 10.4 Å². The van der Waals surface area contributed by atoms with Crippen molar-refractivity contribution in [2.75, 3.05) is 6.54 Å². The van der Waals surface area contributed by atoms with E-state index < -0.39 is 5.60 Å². The summed E-state index contributed by atoms with van der Waals surface area (Å²) < 4.78 is 0. The molecule has 3 heteroatoms. The Kier molecular flexibility index (Phi) is 3.53. The van der Waals surface area contributed by atoms with Crippen molar-refractivity contribution in [3.05, 3.63) is 0 Å². The lowest BCUT2D eigenvalue weighted by Gasteiger charge is -2.18. The summed E-state index contributed by atoms with van der Waals surface area (Å²) in [5.41, 5.74) is -1.25. The van der Waals surface area contributed by atoms with Gasteiger partial charge in [0.2, 0.25) is 0 Å². The van der Waals surface area contributed by atoms with Gasteiger partial charge >= 0.3 is 0 Å². The van der Waals surface area contributed by atoms with Gasteiger partial charge in [-0.1, -0.05) is 13.3 Å². The average molecular weight is 199 g/mol. The highest BCUT2D eigenvalue weighted by Gasteiger charge is 2.26. The van der Waals surface area contributed by atoms with Gasteiger partial charge in [0.25, 0.3) is 5.91 Å². The topological polar surface area (TPSA) is 49.3 Å². The second-order valence-corrected chi connectivity index (χ2v) is 5.05. The first kappa shape index (κ1) is 11.5. The van der Waals surface area contributed by atoms with Gasteiger partial charge in [-0.3, -0.25) is 4.79 Å². The first-order valence-electron chi connectivity index (χ1n) is 5.40. The summed E-state index contributed by atoms with van der Waals surface area (Å²) in [6.45, 7) is 5.99. The second kappa shape index (κ2) is 4.30. The summed E-state index contributed by atoms with van der Waals surface area (Å²) in [5, 5.41) is 12.2. The predicted molar refractivity (Wildman–Crippen MR) is 55.8 cm³/mol.